The van der Waals surface area contributed by atoms with Crippen molar-refractivity contribution >= 4 is 22.5 Å². The van der Waals surface area contributed by atoms with Crippen LogP contribution in [0, 0.1) is 5.82 Å². The average molecular weight is 284 g/mol. The van der Waals surface area contributed by atoms with Crippen LogP contribution in [0.3, 0.4) is 0 Å². The van der Waals surface area contributed by atoms with Gasteiger partial charge in [-0.1, -0.05) is 30.3 Å². The van der Waals surface area contributed by atoms with Crippen LogP contribution in [-0.2, 0) is 11.2 Å². The van der Waals surface area contributed by atoms with E-state index >= 15 is 0 Å². The molecule has 2 N–H and O–H groups in total. The zero-order valence-electron chi connectivity index (χ0n) is 11.1. The molecule has 21 heavy (non-hydrogen) atoms. The Balaban J connectivity index is 1.82. The van der Waals surface area contributed by atoms with Gasteiger partial charge in [0.2, 0.25) is 5.91 Å². The number of fused-ring (bicyclic) bond motifs is 1. The zero-order valence-corrected chi connectivity index (χ0v) is 11.1. The fraction of sp³-hybridized carbons (Fsp3) is 0.0625. The maximum absolute atomic E-state index is 13.5. The number of hydrogen-bond donors (Lipinski definition) is 2. The largest absolute Gasteiger partial charge is 0.428 e. The van der Waals surface area contributed by atoms with E-state index in [0.29, 0.717) is 11.1 Å². The van der Waals surface area contributed by atoms with Gasteiger partial charge >= 0.3 is 0 Å². The Labute approximate surface area is 120 Å². The number of benzene rings is 2. The Morgan fingerprint density at radius 1 is 1.14 bits per heavy atom. The van der Waals surface area contributed by atoms with Gasteiger partial charge in [0.25, 0.3) is 0 Å². The minimum absolute atomic E-state index is 0.0579. The van der Waals surface area contributed by atoms with E-state index in [0.717, 1.165) is 10.1 Å². The highest BCUT2D eigenvalue weighted by molar-refractivity contribution is 5.95. The first-order chi connectivity index (χ1) is 10.1. The Kier molecular flexibility index (Phi) is 3.31. The molecule has 5 heteroatoms. The lowest BCUT2D eigenvalue weighted by atomic mass is 10.1. The molecule has 3 aromatic rings. The van der Waals surface area contributed by atoms with E-state index < -0.39 is 5.82 Å². The highest BCUT2D eigenvalue weighted by Gasteiger charge is 2.12. The number of rotatable bonds is 3. The third-order valence-corrected chi connectivity index (χ3v) is 3.27. The maximum Gasteiger partial charge on any atom is 0.228 e. The van der Waals surface area contributed by atoms with E-state index in [9.17, 15) is 14.4 Å². The highest BCUT2D eigenvalue weighted by atomic mass is 19.1. The molecule has 0 aliphatic rings. The van der Waals surface area contributed by atoms with Crippen LogP contribution in [0.5, 0.6) is 0 Å². The SMILES string of the molecule is O=C(Cc1cn(O)c2ccccc12)Nc1ccccc1F. The number of nitrogens with zero attached hydrogens (tertiary/aromatic N) is 1. The van der Waals surface area contributed by atoms with Crippen molar-refractivity contribution in [3.63, 3.8) is 0 Å². The fourth-order valence-electron chi connectivity index (χ4n) is 2.30. The van der Waals surface area contributed by atoms with E-state index in [2.05, 4.69) is 5.32 Å². The first-order valence-electron chi connectivity index (χ1n) is 6.48. The molecule has 0 saturated heterocycles. The van der Waals surface area contributed by atoms with Crippen molar-refractivity contribution in [3.8, 4) is 0 Å². The monoisotopic (exact) mass is 284 g/mol. The third kappa shape index (κ3) is 2.58. The molecule has 0 saturated carbocycles. The summed E-state index contributed by atoms with van der Waals surface area (Å²) in [6.07, 6.45) is 1.55. The van der Waals surface area contributed by atoms with Crippen LogP contribution < -0.4 is 5.32 Å². The zero-order chi connectivity index (χ0) is 14.8. The van der Waals surface area contributed by atoms with Crippen LogP contribution in [0.15, 0.2) is 54.7 Å². The second-order valence-corrected chi connectivity index (χ2v) is 4.72. The smallest absolute Gasteiger partial charge is 0.228 e. The van der Waals surface area contributed by atoms with Crippen molar-refractivity contribution in [1.29, 1.82) is 0 Å². The number of nitrogens with one attached hydrogen (secondary N) is 1. The summed E-state index contributed by atoms with van der Waals surface area (Å²) in [5, 5.41) is 13.1. The molecule has 0 spiro atoms. The summed E-state index contributed by atoms with van der Waals surface area (Å²) in [5.41, 5.74) is 1.46. The molecule has 0 fully saturated rings. The molecular weight excluding hydrogens is 271 g/mol. The highest BCUT2D eigenvalue weighted by Crippen LogP contribution is 2.21. The molecule has 0 bridgehead atoms. The molecule has 4 nitrogen and oxygen atoms in total. The molecule has 0 radical (unpaired) electrons. The van der Waals surface area contributed by atoms with Gasteiger partial charge < -0.3 is 10.5 Å². The summed E-state index contributed by atoms with van der Waals surface area (Å²) in [7, 11) is 0. The summed E-state index contributed by atoms with van der Waals surface area (Å²) in [6, 6.07) is 13.2. The van der Waals surface area contributed by atoms with Crippen molar-refractivity contribution in [2.24, 2.45) is 0 Å². The third-order valence-electron chi connectivity index (χ3n) is 3.27. The minimum atomic E-state index is -0.476. The van der Waals surface area contributed by atoms with Gasteiger partial charge in [-0.15, -0.1) is 0 Å². The van der Waals surface area contributed by atoms with E-state index in [4.69, 9.17) is 0 Å². The molecule has 0 aliphatic carbocycles. The second-order valence-electron chi connectivity index (χ2n) is 4.72. The molecule has 1 amide bonds. The van der Waals surface area contributed by atoms with Crippen molar-refractivity contribution in [3.05, 3.63) is 66.1 Å². The number of carbonyl (C=O) groups excluding carboxylic acids is 1. The van der Waals surface area contributed by atoms with Gasteiger partial charge in [-0.2, -0.15) is 4.73 Å². The summed E-state index contributed by atoms with van der Waals surface area (Å²) in [6.45, 7) is 0. The van der Waals surface area contributed by atoms with Crippen LogP contribution in [0.4, 0.5) is 10.1 Å². The first-order valence-corrected chi connectivity index (χ1v) is 6.48. The summed E-state index contributed by atoms with van der Waals surface area (Å²) in [4.78, 5) is 12.0. The van der Waals surface area contributed by atoms with Gasteiger partial charge in [-0.25, -0.2) is 4.39 Å². The van der Waals surface area contributed by atoms with Gasteiger partial charge in [-0.05, 0) is 23.8 Å². The molecule has 0 atom stereocenters. The molecule has 3 rings (SSSR count). The van der Waals surface area contributed by atoms with Crippen LogP contribution >= 0.6 is 0 Å². The van der Waals surface area contributed by atoms with Gasteiger partial charge in [-0.3, -0.25) is 4.79 Å². The van der Waals surface area contributed by atoms with E-state index in [1.807, 2.05) is 12.1 Å². The topological polar surface area (TPSA) is 54.3 Å². The number of carbonyl (C=O) groups is 1. The normalized spacial score (nSPS) is 10.7. The van der Waals surface area contributed by atoms with Crippen molar-refractivity contribution in [2.75, 3.05) is 5.32 Å². The van der Waals surface area contributed by atoms with Crippen LogP contribution in [-0.4, -0.2) is 15.8 Å². The Bertz CT molecular complexity index is 811. The number of amides is 1. The van der Waals surface area contributed by atoms with Crippen LogP contribution in [0.2, 0.25) is 0 Å². The van der Waals surface area contributed by atoms with Crippen molar-refractivity contribution < 1.29 is 14.4 Å². The average Bonchev–Trinajstić information content (AvgIpc) is 2.79. The van der Waals surface area contributed by atoms with Crippen LogP contribution in [0.25, 0.3) is 10.9 Å². The van der Waals surface area contributed by atoms with Gasteiger partial charge in [0.15, 0.2) is 0 Å². The fourth-order valence-corrected chi connectivity index (χ4v) is 2.30. The molecule has 1 aromatic heterocycles. The number of hydrogen-bond acceptors (Lipinski definition) is 2. The van der Waals surface area contributed by atoms with Gasteiger partial charge in [0, 0.05) is 11.6 Å². The van der Waals surface area contributed by atoms with E-state index in [-0.39, 0.29) is 18.0 Å². The Hall–Kier alpha value is -2.82. The maximum atomic E-state index is 13.5. The van der Waals surface area contributed by atoms with Gasteiger partial charge in [0.05, 0.1) is 17.6 Å². The number of aromatic nitrogens is 1. The lowest BCUT2D eigenvalue weighted by Gasteiger charge is -2.05. The number of para-hydroxylation sites is 2. The first kappa shape index (κ1) is 13.2. The predicted molar refractivity (Wildman–Crippen MR) is 77.9 cm³/mol. The Morgan fingerprint density at radius 2 is 1.86 bits per heavy atom. The predicted octanol–water partition coefficient (Wildman–Crippen LogP) is 3.20. The number of halogens is 1. The second kappa shape index (κ2) is 5.28. The number of anilines is 1. The molecular formula is C16H13FN2O2. The quantitative estimate of drug-likeness (QED) is 0.726. The van der Waals surface area contributed by atoms with E-state index in [1.54, 1.807) is 24.3 Å². The standard InChI is InChI=1S/C16H13FN2O2/c17-13-6-2-3-7-14(13)18-16(20)9-11-10-19(21)15-8-4-1-5-12(11)15/h1-8,10,21H,9H2,(H,18,20). The summed E-state index contributed by atoms with van der Waals surface area (Å²) in [5.74, 6) is -0.813. The molecule has 1 heterocycles. The lowest BCUT2D eigenvalue weighted by Crippen LogP contribution is -2.15. The molecule has 106 valence electrons. The molecule has 0 unspecified atom stereocenters. The summed E-state index contributed by atoms with van der Waals surface area (Å²) < 4.78 is 14.5. The Morgan fingerprint density at radius 3 is 2.67 bits per heavy atom. The minimum Gasteiger partial charge on any atom is -0.428 e. The lowest BCUT2D eigenvalue weighted by molar-refractivity contribution is -0.115. The van der Waals surface area contributed by atoms with Crippen molar-refractivity contribution in [2.45, 2.75) is 6.42 Å². The van der Waals surface area contributed by atoms with E-state index in [1.165, 1.54) is 18.3 Å². The molecule has 2 aromatic carbocycles. The van der Waals surface area contributed by atoms with Crippen molar-refractivity contribution in [1.82, 2.24) is 4.73 Å². The van der Waals surface area contributed by atoms with Crippen LogP contribution in [0.1, 0.15) is 5.56 Å². The summed E-state index contributed by atoms with van der Waals surface area (Å²) >= 11 is 0. The van der Waals surface area contributed by atoms with Gasteiger partial charge in [0.1, 0.15) is 5.82 Å². The molecule has 0 aliphatic heterocycles.